The molecule has 0 N–H and O–H groups in total. The van der Waals surface area contributed by atoms with E-state index in [-0.39, 0.29) is 0 Å². The molecule has 0 aliphatic heterocycles. The highest BCUT2D eigenvalue weighted by Gasteiger charge is 2.05. The van der Waals surface area contributed by atoms with Crippen molar-refractivity contribution in [2.75, 3.05) is 0 Å². The smallest absolute Gasteiger partial charge is 0.0145 e. The summed E-state index contributed by atoms with van der Waals surface area (Å²) in [7, 11) is 0. The quantitative estimate of drug-likeness (QED) is 0.514. The Morgan fingerprint density at radius 3 is 1.60 bits per heavy atom. The summed E-state index contributed by atoms with van der Waals surface area (Å²) in [4.78, 5) is 0. The minimum absolute atomic E-state index is 1.17. The van der Waals surface area contributed by atoms with E-state index in [1.165, 1.54) is 58.4 Å². The molecule has 0 amide bonds. The predicted molar refractivity (Wildman–Crippen MR) is 89.4 cm³/mol. The van der Waals surface area contributed by atoms with Gasteiger partial charge in [-0.3, -0.25) is 0 Å². The van der Waals surface area contributed by atoms with Crippen molar-refractivity contribution >= 4 is 21.5 Å². The number of fused-ring (bicyclic) bond motifs is 2. The van der Waals surface area contributed by atoms with E-state index < -0.39 is 0 Å². The van der Waals surface area contributed by atoms with Crippen molar-refractivity contribution in [1.82, 2.24) is 0 Å². The first-order chi connectivity index (χ1) is 9.83. The van der Waals surface area contributed by atoms with Gasteiger partial charge in [0.05, 0.1) is 0 Å². The summed E-state index contributed by atoms with van der Waals surface area (Å²) in [6.45, 7) is 4.50. The molecule has 0 aliphatic rings. The Morgan fingerprint density at radius 1 is 0.650 bits per heavy atom. The Bertz CT molecular complexity index is 676. The number of benzene rings is 3. The molecule has 3 rings (SSSR count). The Balaban J connectivity index is 2.30. The highest BCUT2D eigenvalue weighted by Crippen LogP contribution is 2.28. The van der Waals surface area contributed by atoms with Crippen LogP contribution in [0.2, 0.25) is 0 Å². The molecule has 0 fully saturated rings. The zero-order valence-electron chi connectivity index (χ0n) is 12.4. The number of hydrogen-bond acceptors (Lipinski definition) is 0. The molecule has 0 heterocycles. The Kier molecular flexibility index (Phi) is 3.73. The van der Waals surface area contributed by atoms with Crippen LogP contribution in [0, 0.1) is 0 Å². The minimum Gasteiger partial charge on any atom is -0.0651 e. The fourth-order valence-electron chi connectivity index (χ4n) is 3.16. The fourth-order valence-corrected chi connectivity index (χ4v) is 3.16. The van der Waals surface area contributed by atoms with Gasteiger partial charge in [0.1, 0.15) is 0 Å². The highest BCUT2D eigenvalue weighted by atomic mass is 14.1. The first-order valence-corrected chi connectivity index (χ1v) is 7.76. The Labute approximate surface area is 121 Å². The van der Waals surface area contributed by atoms with Gasteiger partial charge in [0.25, 0.3) is 0 Å². The number of rotatable bonds is 4. The van der Waals surface area contributed by atoms with Crippen LogP contribution in [0.25, 0.3) is 21.5 Å². The van der Waals surface area contributed by atoms with Gasteiger partial charge < -0.3 is 0 Å². The largest absolute Gasteiger partial charge is 0.0651 e. The molecule has 0 bridgehead atoms. The molecule has 0 spiro atoms. The van der Waals surface area contributed by atoms with Crippen molar-refractivity contribution in [3.05, 3.63) is 59.7 Å². The predicted octanol–water partition coefficient (Wildman–Crippen LogP) is 5.90. The van der Waals surface area contributed by atoms with Crippen LogP contribution in [0.15, 0.2) is 48.5 Å². The van der Waals surface area contributed by atoms with E-state index in [9.17, 15) is 0 Å². The lowest BCUT2D eigenvalue weighted by molar-refractivity contribution is 0.928. The SMILES string of the molecule is CCCc1cccc2cc3cccc(CCC)c3cc12. The second-order valence-corrected chi connectivity index (χ2v) is 5.63. The molecular weight excluding hydrogens is 240 g/mol. The van der Waals surface area contributed by atoms with Crippen molar-refractivity contribution in [2.45, 2.75) is 39.5 Å². The third-order valence-corrected chi connectivity index (χ3v) is 4.10. The van der Waals surface area contributed by atoms with Crippen molar-refractivity contribution in [3.8, 4) is 0 Å². The summed E-state index contributed by atoms with van der Waals surface area (Å²) in [5.74, 6) is 0. The van der Waals surface area contributed by atoms with Crippen LogP contribution in [0.4, 0.5) is 0 Å². The van der Waals surface area contributed by atoms with Crippen LogP contribution in [-0.2, 0) is 12.8 Å². The Morgan fingerprint density at radius 2 is 1.15 bits per heavy atom. The lowest BCUT2D eigenvalue weighted by atomic mass is 9.94. The van der Waals surface area contributed by atoms with Crippen LogP contribution in [0.5, 0.6) is 0 Å². The normalized spacial score (nSPS) is 11.3. The fraction of sp³-hybridized carbons (Fsp3) is 0.300. The van der Waals surface area contributed by atoms with E-state index >= 15 is 0 Å². The molecular formula is C20H22. The van der Waals surface area contributed by atoms with Gasteiger partial charge >= 0.3 is 0 Å². The number of aryl methyl sites for hydroxylation is 2. The average molecular weight is 262 g/mol. The lowest BCUT2D eigenvalue weighted by Crippen LogP contribution is -1.89. The summed E-state index contributed by atoms with van der Waals surface area (Å²) >= 11 is 0. The maximum Gasteiger partial charge on any atom is -0.0145 e. The molecule has 0 radical (unpaired) electrons. The molecule has 20 heavy (non-hydrogen) atoms. The average Bonchev–Trinajstić information content (AvgIpc) is 2.47. The van der Waals surface area contributed by atoms with Gasteiger partial charge in [0.15, 0.2) is 0 Å². The van der Waals surface area contributed by atoms with Gasteiger partial charge in [0, 0.05) is 0 Å². The molecule has 3 aromatic rings. The van der Waals surface area contributed by atoms with E-state index in [0.717, 1.165) is 0 Å². The molecule has 3 aromatic carbocycles. The van der Waals surface area contributed by atoms with Crippen molar-refractivity contribution < 1.29 is 0 Å². The van der Waals surface area contributed by atoms with Gasteiger partial charge in [-0.1, -0.05) is 63.1 Å². The van der Waals surface area contributed by atoms with Crippen LogP contribution >= 0.6 is 0 Å². The van der Waals surface area contributed by atoms with Gasteiger partial charge in [0.2, 0.25) is 0 Å². The van der Waals surface area contributed by atoms with Crippen LogP contribution in [-0.4, -0.2) is 0 Å². The topological polar surface area (TPSA) is 0 Å². The first kappa shape index (κ1) is 13.2. The Hall–Kier alpha value is -1.82. The van der Waals surface area contributed by atoms with Crippen molar-refractivity contribution in [3.63, 3.8) is 0 Å². The first-order valence-electron chi connectivity index (χ1n) is 7.76. The zero-order chi connectivity index (χ0) is 13.9. The molecule has 0 unspecified atom stereocenters. The molecule has 0 aliphatic carbocycles. The molecule has 0 saturated heterocycles. The van der Waals surface area contributed by atoms with E-state index in [1.807, 2.05) is 0 Å². The summed E-state index contributed by atoms with van der Waals surface area (Å²) in [5, 5.41) is 5.62. The summed E-state index contributed by atoms with van der Waals surface area (Å²) in [6.07, 6.45) is 4.74. The lowest BCUT2D eigenvalue weighted by Gasteiger charge is -2.10. The summed E-state index contributed by atoms with van der Waals surface area (Å²) in [5.41, 5.74) is 2.97. The third-order valence-electron chi connectivity index (χ3n) is 4.10. The molecule has 0 heteroatoms. The minimum atomic E-state index is 1.17. The maximum atomic E-state index is 2.42. The van der Waals surface area contributed by atoms with E-state index in [2.05, 4.69) is 62.4 Å². The van der Waals surface area contributed by atoms with Gasteiger partial charge in [-0.05, 0) is 57.6 Å². The van der Waals surface area contributed by atoms with E-state index in [0.29, 0.717) is 0 Å². The molecule has 0 nitrogen and oxygen atoms in total. The standard InChI is InChI=1S/C20H22/c1-3-7-15-9-5-11-17-13-18-12-6-10-16(8-4-2)20(18)14-19(15)17/h5-6,9-14H,3-4,7-8H2,1-2H3. The monoisotopic (exact) mass is 262 g/mol. The number of hydrogen-bond donors (Lipinski definition) is 0. The van der Waals surface area contributed by atoms with E-state index in [4.69, 9.17) is 0 Å². The van der Waals surface area contributed by atoms with Crippen LogP contribution in [0.1, 0.15) is 37.8 Å². The second-order valence-electron chi connectivity index (χ2n) is 5.63. The molecule has 0 saturated carbocycles. The van der Waals surface area contributed by atoms with E-state index in [1.54, 1.807) is 0 Å². The molecule has 0 aromatic heterocycles. The zero-order valence-corrected chi connectivity index (χ0v) is 12.4. The summed E-state index contributed by atoms with van der Waals surface area (Å²) in [6, 6.07) is 18.2. The molecule has 0 atom stereocenters. The third kappa shape index (κ3) is 2.31. The van der Waals surface area contributed by atoms with Gasteiger partial charge in [-0.15, -0.1) is 0 Å². The van der Waals surface area contributed by atoms with Crippen molar-refractivity contribution in [1.29, 1.82) is 0 Å². The maximum absolute atomic E-state index is 2.42. The molecule has 102 valence electrons. The van der Waals surface area contributed by atoms with Crippen LogP contribution < -0.4 is 0 Å². The van der Waals surface area contributed by atoms with Crippen molar-refractivity contribution in [2.24, 2.45) is 0 Å². The summed E-state index contributed by atoms with van der Waals surface area (Å²) < 4.78 is 0. The second kappa shape index (κ2) is 5.66. The van der Waals surface area contributed by atoms with Gasteiger partial charge in [-0.2, -0.15) is 0 Å². The van der Waals surface area contributed by atoms with Crippen LogP contribution in [0.3, 0.4) is 0 Å². The highest BCUT2D eigenvalue weighted by molar-refractivity contribution is 6.00. The van der Waals surface area contributed by atoms with Gasteiger partial charge in [-0.25, -0.2) is 0 Å².